The molecule has 0 bridgehead atoms. The summed E-state index contributed by atoms with van der Waals surface area (Å²) in [5, 5.41) is 16.5. The van der Waals surface area contributed by atoms with Gasteiger partial charge in [-0.1, -0.05) is 0 Å². The summed E-state index contributed by atoms with van der Waals surface area (Å²) in [5.74, 6) is -1.01. The molecule has 13 heteroatoms. The summed E-state index contributed by atoms with van der Waals surface area (Å²) < 4.78 is 41.1. The minimum Gasteiger partial charge on any atom is -0.506 e. The van der Waals surface area contributed by atoms with Crippen molar-refractivity contribution in [2.75, 3.05) is 26.2 Å². The molecule has 2 saturated heterocycles. The molecule has 8 nitrogen and oxygen atoms in total. The van der Waals surface area contributed by atoms with Crippen molar-refractivity contribution in [1.82, 2.24) is 15.2 Å². The molecular formula is C28H29F3N4O4S2. The molecular weight excluding hydrogens is 577 g/mol. The largest absolute Gasteiger partial charge is 0.573 e. The molecule has 41 heavy (non-hydrogen) atoms. The number of likely N-dealkylation sites (tertiary alicyclic amines) is 2. The van der Waals surface area contributed by atoms with Gasteiger partial charge in [-0.3, -0.25) is 9.59 Å². The van der Waals surface area contributed by atoms with Crippen molar-refractivity contribution in [2.45, 2.75) is 45.0 Å². The normalized spacial score (nSPS) is 17.2. The number of thiophene rings is 2. The molecule has 2 fully saturated rings. The van der Waals surface area contributed by atoms with E-state index in [0.29, 0.717) is 50.6 Å². The van der Waals surface area contributed by atoms with Crippen LogP contribution in [0.2, 0.25) is 0 Å². The van der Waals surface area contributed by atoms with E-state index in [9.17, 15) is 27.9 Å². The van der Waals surface area contributed by atoms with Crippen LogP contribution < -0.4 is 10.2 Å². The van der Waals surface area contributed by atoms with Gasteiger partial charge < -0.3 is 19.6 Å². The first-order valence-electron chi connectivity index (χ1n) is 13.2. The van der Waals surface area contributed by atoms with Gasteiger partial charge in [0, 0.05) is 24.5 Å². The molecule has 0 saturated carbocycles. The van der Waals surface area contributed by atoms with Gasteiger partial charge in [0.15, 0.2) is 0 Å². The minimum absolute atomic E-state index is 0.0673. The Bertz CT molecular complexity index is 1420. The maximum Gasteiger partial charge on any atom is 0.573 e. The van der Waals surface area contributed by atoms with Crippen LogP contribution in [0.25, 0.3) is 10.4 Å². The number of alkyl halides is 3. The number of amides is 2. The molecule has 2 aliphatic heterocycles. The SMILES string of the molecule is CC(=NNC(=O)c1ccc(C(=O)N2CCC(N3CCCC3)CC2)s1)c1csc(-c2ccc(OC(F)(F)F)cc2)c1O. The van der Waals surface area contributed by atoms with Gasteiger partial charge in [-0.25, -0.2) is 5.43 Å². The second-order valence-corrected chi connectivity index (χ2v) is 11.9. The first-order chi connectivity index (χ1) is 19.6. The predicted molar refractivity (Wildman–Crippen MR) is 152 cm³/mol. The van der Waals surface area contributed by atoms with Crippen LogP contribution in [-0.4, -0.2) is 71.0 Å². The molecule has 5 rings (SSSR count). The number of hydrogen-bond acceptors (Lipinski definition) is 8. The highest BCUT2D eigenvalue weighted by molar-refractivity contribution is 7.16. The van der Waals surface area contributed by atoms with E-state index in [2.05, 4.69) is 20.2 Å². The fourth-order valence-corrected chi connectivity index (χ4v) is 7.02. The highest BCUT2D eigenvalue weighted by Crippen LogP contribution is 2.39. The monoisotopic (exact) mass is 606 g/mol. The first kappa shape index (κ1) is 29.1. The van der Waals surface area contributed by atoms with Gasteiger partial charge >= 0.3 is 6.36 Å². The Labute approximate surface area is 243 Å². The third-order valence-corrected chi connectivity index (χ3v) is 9.37. The summed E-state index contributed by atoms with van der Waals surface area (Å²) in [6.07, 6.45) is -0.359. The number of benzene rings is 1. The lowest BCUT2D eigenvalue weighted by Gasteiger charge is -2.36. The molecule has 2 aliphatic rings. The van der Waals surface area contributed by atoms with Crippen LogP contribution in [0.5, 0.6) is 11.5 Å². The van der Waals surface area contributed by atoms with Crippen molar-refractivity contribution in [3.05, 3.63) is 57.1 Å². The lowest BCUT2D eigenvalue weighted by atomic mass is 10.0. The first-order valence-corrected chi connectivity index (χ1v) is 14.9. The zero-order valence-corrected chi connectivity index (χ0v) is 23.9. The maximum absolute atomic E-state index is 13.0. The molecule has 2 amide bonds. The Hall–Kier alpha value is -3.42. The van der Waals surface area contributed by atoms with Crippen molar-refractivity contribution in [3.8, 4) is 21.9 Å². The average Bonchev–Trinajstić information content (AvgIpc) is 3.73. The van der Waals surface area contributed by atoms with E-state index >= 15 is 0 Å². The Morgan fingerprint density at radius 2 is 1.68 bits per heavy atom. The lowest BCUT2D eigenvalue weighted by molar-refractivity contribution is -0.274. The number of piperidine rings is 1. The molecule has 4 heterocycles. The van der Waals surface area contributed by atoms with Gasteiger partial charge in [0.2, 0.25) is 0 Å². The zero-order valence-electron chi connectivity index (χ0n) is 22.2. The number of carbonyl (C=O) groups is 2. The summed E-state index contributed by atoms with van der Waals surface area (Å²) >= 11 is 2.30. The van der Waals surface area contributed by atoms with Crippen LogP contribution in [0, 0.1) is 0 Å². The van der Waals surface area contributed by atoms with Gasteiger partial charge in [-0.15, -0.1) is 35.8 Å². The lowest BCUT2D eigenvalue weighted by Crippen LogP contribution is -2.45. The fraction of sp³-hybridized carbons (Fsp3) is 0.393. The summed E-state index contributed by atoms with van der Waals surface area (Å²) in [7, 11) is 0. The molecule has 0 unspecified atom stereocenters. The average molecular weight is 607 g/mol. The topological polar surface area (TPSA) is 94.5 Å². The number of aromatic hydroxyl groups is 1. The second-order valence-electron chi connectivity index (χ2n) is 9.97. The minimum atomic E-state index is -4.79. The summed E-state index contributed by atoms with van der Waals surface area (Å²) in [6, 6.07) is 8.96. The molecule has 3 aromatic rings. The molecule has 218 valence electrons. The molecule has 0 atom stereocenters. The predicted octanol–water partition coefficient (Wildman–Crippen LogP) is 5.94. The quantitative estimate of drug-likeness (QED) is 0.257. The maximum atomic E-state index is 13.0. The Morgan fingerprint density at radius 3 is 2.34 bits per heavy atom. The number of nitrogens with one attached hydrogen (secondary N) is 1. The number of rotatable bonds is 7. The molecule has 0 radical (unpaired) electrons. The number of hydrogen-bond donors (Lipinski definition) is 2. The zero-order chi connectivity index (χ0) is 29.1. The number of nitrogens with zero attached hydrogens (tertiary/aromatic N) is 3. The summed E-state index contributed by atoms with van der Waals surface area (Å²) in [6.45, 7) is 5.33. The Balaban J connectivity index is 1.17. The standard InChI is InChI=1S/C28H29F3N4O4S2/c1-17(21-16-40-25(24(21)36)18-4-6-20(7-5-18)39-28(29,30)31)32-33-26(37)22-8-9-23(41-22)27(38)35-14-10-19(11-15-35)34-12-2-3-13-34/h4-9,16,19,36H,2-3,10-15H2,1H3,(H,33,37). The van der Waals surface area contributed by atoms with E-state index in [4.69, 9.17) is 0 Å². The summed E-state index contributed by atoms with van der Waals surface area (Å²) in [4.78, 5) is 31.4. The van der Waals surface area contributed by atoms with Crippen molar-refractivity contribution < 1.29 is 32.6 Å². The van der Waals surface area contributed by atoms with E-state index in [1.54, 1.807) is 24.4 Å². The third-order valence-electron chi connectivity index (χ3n) is 7.28. The Kier molecular flexibility index (Phi) is 8.66. The van der Waals surface area contributed by atoms with Gasteiger partial charge in [-0.2, -0.15) is 5.10 Å². The van der Waals surface area contributed by atoms with Crippen molar-refractivity contribution >= 4 is 40.2 Å². The van der Waals surface area contributed by atoms with E-state index in [-0.39, 0.29) is 17.4 Å². The number of ether oxygens (including phenoxy) is 1. The van der Waals surface area contributed by atoms with Crippen molar-refractivity contribution in [3.63, 3.8) is 0 Å². The number of halogens is 3. The molecule has 0 aliphatic carbocycles. The van der Waals surface area contributed by atoms with Crippen LogP contribution in [0.15, 0.2) is 46.9 Å². The third kappa shape index (κ3) is 6.91. The fourth-order valence-electron chi connectivity index (χ4n) is 5.14. The van der Waals surface area contributed by atoms with Crippen molar-refractivity contribution in [1.29, 1.82) is 0 Å². The second kappa shape index (κ2) is 12.2. The van der Waals surface area contributed by atoms with Crippen LogP contribution in [0.4, 0.5) is 13.2 Å². The van der Waals surface area contributed by atoms with Gasteiger partial charge in [0.05, 0.1) is 25.9 Å². The van der Waals surface area contributed by atoms with Crippen LogP contribution in [0.1, 0.15) is 57.5 Å². The van der Waals surface area contributed by atoms with Gasteiger partial charge in [0.1, 0.15) is 11.5 Å². The molecule has 0 spiro atoms. The van der Waals surface area contributed by atoms with E-state index in [1.165, 1.54) is 48.4 Å². The van der Waals surface area contributed by atoms with Gasteiger partial charge in [-0.05, 0) is 87.7 Å². The Morgan fingerprint density at radius 1 is 1.02 bits per heavy atom. The highest BCUT2D eigenvalue weighted by atomic mass is 32.1. The molecule has 1 aromatic carbocycles. The highest BCUT2D eigenvalue weighted by Gasteiger charge is 2.31. The molecule has 2 aromatic heterocycles. The van der Waals surface area contributed by atoms with Crippen molar-refractivity contribution in [2.24, 2.45) is 5.10 Å². The number of hydrazone groups is 1. The smallest absolute Gasteiger partial charge is 0.506 e. The number of carbonyl (C=O) groups excluding carboxylic acids is 2. The van der Waals surface area contributed by atoms with Crippen LogP contribution in [-0.2, 0) is 0 Å². The van der Waals surface area contributed by atoms with E-state index in [1.807, 2.05) is 4.90 Å². The molecule has 2 N–H and O–H groups in total. The van der Waals surface area contributed by atoms with E-state index in [0.717, 1.165) is 37.3 Å². The van der Waals surface area contributed by atoms with Gasteiger partial charge in [0.25, 0.3) is 11.8 Å². The van der Waals surface area contributed by atoms with E-state index < -0.39 is 12.3 Å². The van der Waals surface area contributed by atoms with Crippen LogP contribution in [0.3, 0.4) is 0 Å². The van der Waals surface area contributed by atoms with Crippen LogP contribution >= 0.6 is 22.7 Å². The summed E-state index contributed by atoms with van der Waals surface area (Å²) in [5.41, 5.74) is 3.68.